The van der Waals surface area contributed by atoms with E-state index in [2.05, 4.69) is 16.8 Å². The van der Waals surface area contributed by atoms with Crippen molar-refractivity contribution in [1.29, 1.82) is 0 Å². The smallest absolute Gasteiger partial charge is 0.227 e. The molecular weight excluding hydrogens is 274 g/mol. The molecular formula is C18H17N3O. The second kappa shape index (κ2) is 6.35. The Morgan fingerprint density at radius 2 is 1.64 bits per heavy atom. The molecule has 110 valence electrons. The van der Waals surface area contributed by atoms with Gasteiger partial charge in [0.25, 0.3) is 0 Å². The van der Waals surface area contributed by atoms with Crippen molar-refractivity contribution < 1.29 is 4.79 Å². The maximum absolute atomic E-state index is 12.0. The van der Waals surface area contributed by atoms with Gasteiger partial charge in [0.2, 0.25) is 5.91 Å². The zero-order valence-electron chi connectivity index (χ0n) is 12.2. The number of rotatable bonds is 4. The standard InChI is InChI=1S/C18H17N3O/c1-2-14-12-18(22)21(13-14)17-10-8-16(9-11-17)20-19-15-6-4-3-5-7-15/h2-11,14H,1,12-13H2. The van der Waals surface area contributed by atoms with Gasteiger partial charge in [0.1, 0.15) is 0 Å². The van der Waals surface area contributed by atoms with Crippen molar-refractivity contribution in [3.05, 3.63) is 67.3 Å². The minimum atomic E-state index is 0.142. The maximum atomic E-state index is 12.0. The summed E-state index contributed by atoms with van der Waals surface area (Å²) in [5, 5.41) is 8.37. The molecule has 22 heavy (non-hydrogen) atoms. The third-order valence-electron chi connectivity index (χ3n) is 3.69. The summed E-state index contributed by atoms with van der Waals surface area (Å²) in [5.41, 5.74) is 2.47. The molecule has 0 radical (unpaired) electrons. The molecule has 0 N–H and O–H groups in total. The van der Waals surface area contributed by atoms with E-state index in [1.54, 1.807) is 4.90 Å². The van der Waals surface area contributed by atoms with E-state index in [-0.39, 0.29) is 11.8 Å². The fourth-order valence-electron chi connectivity index (χ4n) is 2.45. The molecule has 0 bridgehead atoms. The highest BCUT2D eigenvalue weighted by atomic mass is 16.2. The predicted molar refractivity (Wildman–Crippen MR) is 87.7 cm³/mol. The van der Waals surface area contributed by atoms with Crippen molar-refractivity contribution in [2.45, 2.75) is 6.42 Å². The number of anilines is 1. The van der Waals surface area contributed by atoms with Crippen molar-refractivity contribution in [1.82, 2.24) is 0 Å². The molecule has 2 aromatic rings. The molecule has 2 aromatic carbocycles. The monoisotopic (exact) mass is 291 g/mol. The third-order valence-corrected chi connectivity index (χ3v) is 3.69. The molecule has 4 nitrogen and oxygen atoms in total. The number of carbonyl (C=O) groups is 1. The Bertz CT molecular complexity index is 692. The predicted octanol–water partition coefficient (Wildman–Crippen LogP) is 4.64. The number of benzene rings is 2. The summed E-state index contributed by atoms with van der Waals surface area (Å²) in [5.74, 6) is 0.383. The van der Waals surface area contributed by atoms with Gasteiger partial charge < -0.3 is 4.90 Å². The molecule has 1 aliphatic rings. The van der Waals surface area contributed by atoms with E-state index in [1.165, 1.54) is 0 Å². The Morgan fingerprint density at radius 3 is 2.23 bits per heavy atom. The topological polar surface area (TPSA) is 45.0 Å². The summed E-state index contributed by atoms with van der Waals surface area (Å²) < 4.78 is 0. The van der Waals surface area contributed by atoms with E-state index in [1.807, 2.05) is 60.7 Å². The van der Waals surface area contributed by atoms with Gasteiger partial charge in [-0.3, -0.25) is 4.79 Å². The fraction of sp³-hybridized carbons (Fsp3) is 0.167. The third kappa shape index (κ3) is 3.11. The van der Waals surface area contributed by atoms with Crippen LogP contribution in [0.25, 0.3) is 0 Å². The lowest BCUT2D eigenvalue weighted by Crippen LogP contribution is -2.24. The molecule has 1 saturated heterocycles. The van der Waals surface area contributed by atoms with E-state index < -0.39 is 0 Å². The molecule has 1 unspecified atom stereocenters. The molecule has 0 spiro atoms. The van der Waals surface area contributed by atoms with Crippen LogP contribution in [0.1, 0.15) is 6.42 Å². The molecule has 1 amide bonds. The van der Waals surface area contributed by atoms with Crippen LogP contribution in [0.3, 0.4) is 0 Å². The first-order chi connectivity index (χ1) is 10.8. The SMILES string of the molecule is C=CC1CC(=O)N(c2ccc(N=Nc3ccccc3)cc2)C1. The Balaban J connectivity index is 1.72. The number of azo groups is 1. The van der Waals surface area contributed by atoms with Crippen molar-refractivity contribution in [2.75, 3.05) is 11.4 Å². The molecule has 0 aliphatic carbocycles. The second-order valence-electron chi connectivity index (χ2n) is 5.26. The highest BCUT2D eigenvalue weighted by Gasteiger charge is 2.28. The summed E-state index contributed by atoms with van der Waals surface area (Å²) in [4.78, 5) is 13.8. The lowest BCUT2D eigenvalue weighted by molar-refractivity contribution is -0.117. The van der Waals surface area contributed by atoms with Gasteiger partial charge in [-0.25, -0.2) is 0 Å². The van der Waals surface area contributed by atoms with Crippen molar-refractivity contribution in [3.63, 3.8) is 0 Å². The zero-order chi connectivity index (χ0) is 15.4. The largest absolute Gasteiger partial charge is 0.312 e. The first-order valence-corrected chi connectivity index (χ1v) is 7.26. The van der Waals surface area contributed by atoms with Crippen LogP contribution in [0.4, 0.5) is 17.1 Å². The minimum absolute atomic E-state index is 0.142. The van der Waals surface area contributed by atoms with Gasteiger partial charge in [0.05, 0.1) is 11.4 Å². The summed E-state index contributed by atoms with van der Waals surface area (Å²) >= 11 is 0. The summed E-state index contributed by atoms with van der Waals surface area (Å²) in [6.07, 6.45) is 2.39. The number of carbonyl (C=O) groups excluding carboxylic acids is 1. The molecule has 1 heterocycles. The molecule has 0 saturated carbocycles. The minimum Gasteiger partial charge on any atom is -0.312 e. The Kier molecular flexibility index (Phi) is 4.10. The van der Waals surface area contributed by atoms with Crippen LogP contribution < -0.4 is 4.90 Å². The fourth-order valence-corrected chi connectivity index (χ4v) is 2.45. The van der Waals surface area contributed by atoms with Gasteiger partial charge in [-0.2, -0.15) is 10.2 Å². The van der Waals surface area contributed by atoms with E-state index in [0.29, 0.717) is 13.0 Å². The van der Waals surface area contributed by atoms with E-state index in [0.717, 1.165) is 17.1 Å². The molecule has 1 aliphatic heterocycles. The first-order valence-electron chi connectivity index (χ1n) is 7.26. The summed E-state index contributed by atoms with van der Waals surface area (Å²) in [6.45, 7) is 4.47. The Morgan fingerprint density at radius 1 is 1.00 bits per heavy atom. The van der Waals surface area contributed by atoms with Crippen LogP contribution in [0.2, 0.25) is 0 Å². The molecule has 4 heteroatoms. The lowest BCUT2D eigenvalue weighted by atomic mass is 10.1. The molecule has 0 aromatic heterocycles. The number of amides is 1. The number of hydrogen-bond acceptors (Lipinski definition) is 3. The number of hydrogen-bond donors (Lipinski definition) is 0. The summed E-state index contributed by atoms with van der Waals surface area (Å²) in [6, 6.07) is 17.1. The van der Waals surface area contributed by atoms with Gasteiger partial charge in [0, 0.05) is 24.6 Å². The van der Waals surface area contributed by atoms with Crippen LogP contribution in [-0.4, -0.2) is 12.5 Å². The quantitative estimate of drug-likeness (QED) is 0.597. The maximum Gasteiger partial charge on any atom is 0.227 e. The van der Waals surface area contributed by atoms with E-state index in [4.69, 9.17) is 0 Å². The first kappa shape index (κ1) is 14.2. The van der Waals surface area contributed by atoms with Crippen LogP contribution >= 0.6 is 0 Å². The second-order valence-corrected chi connectivity index (χ2v) is 5.26. The average molecular weight is 291 g/mol. The van der Waals surface area contributed by atoms with Crippen LogP contribution in [0.15, 0.2) is 77.5 Å². The van der Waals surface area contributed by atoms with Crippen LogP contribution in [-0.2, 0) is 4.79 Å². The van der Waals surface area contributed by atoms with E-state index in [9.17, 15) is 4.79 Å². The van der Waals surface area contributed by atoms with Gasteiger partial charge >= 0.3 is 0 Å². The van der Waals surface area contributed by atoms with Gasteiger partial charge in [-0.05, 0) is 36.4 Å². The van der Waals surface area contributed by atoms with Gasteiger partial charge in [-0.1, -0.05) is 24.3 Å². The molecule has 1 fully saturated rings. The average Bonchev–Trinajstić information content (AvgIpc) is 2.95. The lowest BCUT2D eigenvalue weighted by Gasteiger charge is -2.16. The Hall–Kier alpha value is -2.75. The normalized spacial score (nSPS) is 18.1. The zero-order valence-corrected chi connectivity index (χ0v) is 12.2. The molecule has 1 atom stereocenters. The van der Waals surface area contributed by atoms with Crippen molar-refractivity contribution >= 4 is 23.0 Å². The van der Waals surface area contributed by atoms with Crippen LogP contribution in [0, 0.1) is 5.92 Å². The van der Waals surface area contributed by atoms with Gasteiger partial charge in [-0.15, -0.1) is 6.58 Å². The highest BCUT2D eigenvalue weighted by molar-refractivity contribution is 5.96. The van der Waals surface area contributed by atoms with Crippen LogP contribution in [0.5, 0.6) is 0 Å². The summed E-state index contributed by atoms with van der Waals surface area (Å²) in [7, 11) is 0. The van der Waals surface area contributed by atoms with E-state index >= 15 is 0 Å². The van der Waals surface area contributed by atoms with Crippen molar-refractivity contribution in [2.24, 2.45) is 16.1 Å². The van der Waals surface area contributed by atoms with Gasteiger partial charge in [0.15, 0.2) is 0 Å². The number of nitrogens with zero attached hydrogens (tertiary/aromatic N) is 3. The molecule has 3 rings (SSSR count). The highest BCUT2D eigenvalue weighted by Crippen LogP contribution is 2.27. The Labute approximate surface area is 129 Å². The van der Waals surface area contributed by atoms with Crippen molar-refractivity contribution in [3.8, 4) is 0 Å².